The van der Waals surface area contributed by atoms with E-state index in [2.05, 4.69) is 25.2 Å². The number of aromatic nitrogens is 3. The Morgan fingerprint density at radius 3 is 3.10 bits per heavy atom. The third-order valence-electron chi connectivity index (χ3n) is 3.65. The summed E-state index contributed by atoms with van der Waals surface area (Å²) in [6.45, 7) is 1.78. The van der Waals surface area contributed by atoms with Gasteiger partial charge in [-0.05, 0) is 12.8 Å². The van der Waals surface area contributed by atoms with E-state index in [4.69, 9.17) is 17.3 Å². The average Bonchev–Trinajstić information content (AvgIpc) is 2.99. The maximum Gasteiger partial charge on any atom is 0.153 e. The molecular weight excluding hydrogens is 308 g/mol. The Balaban J connectivity index is 1.81. The number of anilines is 3. The molecule has 21 heavy (non-hydrogen) atoms. The van der Waals surface area contributed by atoms with Gasteiger partial charge in [-0.1, -0.05) is 11.6 Å². The lowest BCUT2D eigenvalue weighted by Gasteiger charge is -2.33. The van der Waals surface area contributed by atoms with E-state index in [0.717, 1.165) is 42.6 Å². The van der Waals surface area contributed by atoms with Gasteiger partial charge >= 0.3 is 0 Å². The fourth-order valence-electron chi connectivity index (χ4n) is 2.56. The summed E-state index contributed by atoms with van der Waals surface area (Å²) in [4.78, 5) is 15.0. The minimum atomic E-state index is 0.329. The van der Waals surface area contributed by atoms with Crippen LogP contribution in [0.5, 0.6) is 0 Å². The number of hydrogen-bond donors (Lipinski definition) is 2. The minimum absolute atomic E-state index is 0.329. The molecule has 0 spiro atoms. The molecular formula is C13H17ClN6S. The van der Waals surface area contributed by atoms with Crippen molar-refractivity contribution in [1.82, 2.24) is 15.0 Å². The number of nitrogens with two attached hydrogens (primary N) is 1. The first-order valence-electron chi connectivity index (χ1n) is 6.83. The van der Waals surface area contributed by atoms with E-state index < -0.39 is 0 Å². The third-order valence-corrected chi connectivity index (χ3v) is 5.02. The molecule has 0 radical (unpaired) electrons. The van der Waals surface area contributed by atoms with Gasteiger partial charge in [0, 0.05) is 31.4 Å². The molecule has 112 valence electrons. The van der Waals surface area contributed by atoms with E-state index in [1.807, 2.05) is 12.4 Å². The van der Waals surface area contributed by atoms with Gasteiger partial charge < -0.3 is 16.0 Å². The lowest BCUT2D eigenvalue weighted by atomic mass is 9.99. The molecule has 1 fully saturated rings. The summed E-state index contributed by atoms with van der Waals surface area (Å²) in [6.07, 6.45) is 3.67. The SMILES string of the molecule is CNc1csc(C2CCCN(c3ncnc(N)c3Cl)C2)n1. The third kappa shape index (κ3) is 2.89. The summed E-state index contributed by atoms with van der Waals surface area (Å²) in [6, 6.07) is 0. The molecule has 1 aliphatic rings. The molecule has 2 aromatic rings. The zero-order chi connectivity index (χ0) is 14.8. The summed E-state index contributed by atoms with van der Waals surface area (Å²) in [7, 11) is 1.88. The van der Waals surface area contributed by atoms with Crippen LogP contribution in [-0.2, 0) is 0 Å². The summed E-state index contributed by atoms with van der Waals surface area (Å²) in [5.41, 5.74) is 5.77. The molecule has 3 rings (SSSR count). The topological polar surface area (TPSA) is 80.0 Å². The minimum Gasteiger partial charge on any atom is -0.382 e. The van der Waals surface area contributed by atoms with Gasteiger partial charge in [-0.3, -0.25) is 0 Å². The Bertz CT molecular complexity index is 631. The van der Waals surface area contributed by atoms with Crippen LogP contribution in [0.1, 0.15) is 23.8 Å². The van der Waals surface area contributed by atoms with Crippen LogP contribution in [0.3, 0.4) is 0 Å². The van der Waals surface area contributed by atoms with Gasteiger partial charge in [0.2, 0.25) is 0 Å². The normalized spacial score (nSPS) is 18.8. The molecule has 6 nitrogen and oxygen atoms in total. The zero-order valence-electron chi connectivity index (χ0n) is 11.7. The molecule has 8 heteroatoms. The molecule has 2 aromatic heterocycles. The van der Waals surface area contributed by atoms with E-state index in [9.17, 15) is 0 Å². The van der Waals surface area contributed by atoms with Gasteiger partial charge in [-0.25, -0.2) is 15.0 Å². The van der Waals surface area contributed by atoms with Gasteiger partial charge in [0.15, 0.2) is 5.82 Å². The number of thiazole rings is 1. The monoisotopic (exact) mass is 324 g/mol. The van der Waals surface area contributed by atoms with E-state index >= 15 is 0 Å². The molecule has 0 amide bonds. The van der Waals surface area contributed by atoms with Gasteiger partial charge in [-0.15, -0.1) is 11.3 Å². The van der Waals surface area contributed by atoms with E-state index in [1.165, 1.54) is 6.33 Å². The molecule has 3 N–H and O–H groups in total. The van der Waals surface area contributed by atoms with Crippen LogP contribution in [0, 0.1) is 0 Å². The van der Waals surface area contributed by atoms with Crippen molar-refractivity contribution in [3.8, 4) is 0 Å². The second kappa shape index (κ2) is 6.03. The van der Waals surface area contributed by atoms with Crippen molar-refractivity contribution in [3.05, 3.63) is 21.7 Å². The van der Waals surface area contributed by atoms with Crippen LogP contribution in [-0.4, -0.2) is 35.1 Å². The second-order valence-electron chi connectivity index (χ2n) is 5.00. The predicted molar refractivity (Wildman–Crippen MR) is 87.3 cm³/mol. The highest BCUT2D eigenvalue weighted by Gasteiger charge is 2.26. The van der Waals surface area contributed by atoms with Crippen LogP contribution < -0.4 is 16.0 Å². The first kappa shape index (κ1) is 14.3. The molecule has 0 saturated carbocycles. The highest BCUT2D eigenvalue weighted by atomic mass is 35.5. The summed E-state index contributed by atoms with van der Waals surface area (Å²) in [5, 5.41) is 6.71. The smallest absolute Gasteiger partial charge is 0.153 e. The highest BCUT2D eigenvalue weighted by molar-refractivity contribution is 7.10. The standard InChI is InChI=1S/C13H17ClN6S/c1-16-9-6-21-13(19-9)8-3-2-4-20(5-8)12-10(14)11(15)17-7-18-12/h6-8,16H,2-5H2,1H3,(H2,15,17,18). The van der Waals surface area contributed by atoms with Crippen molar-refractivity contribution >= 4 is 40.4 Å². The van der Waals surface area contributed by atoms with Crippen molar-refractivity contribution < 1.29 is 0 Å². The molecule has 1 aliphatic heterocycles. The fourth-order valence-corrected chi connectivity index (χ4v) is 3.71. The Hall–Kier alpha value is -1.60. The van der Waals surface area contributed by atoms with Crippen LogP contribution in [0.4, 0.5) is 17.5 Å². The number of nitrogen functional groups attached to an aromatic ring is 1. The van der Waals surface area contributed by atoms with Crippen molar-refractivity contribution in [2.75, 3.05) is 36.1 Å². The lowest BCUT2D eigenvalue weighted by Crippen LogP contribution is -2.35. The molecule has 1 atom stereocenters. The maximum atomic E-state index is 6.23. The first-order valence-corrected chi connectivity index (χ1v) is 8.09. The molecule has 3 heterocycles. The van der Waals surface area contributed by atoms with Gasteiger partial charge in [-0.2, -0.15) is 0 Å². The van der Waals surface area contributed by atoms with Crippen LogP contribution >= 0.6 is 22.9 Å². The van der Waals surface area contributed by atoms with Crippen LogP contribution in [0.25, 0.3) is 0 Å². The summed E-state index contributed by atoms with van der Waals surface area (Å²) < 4.78 is 0. The Kier molecular flexibility index (Phi) is 4.12. The van der Waals surface area contributed by atoms with E-state index in [-0.39, 0.29) is 0 Å². The number of halogens is 1. The van der Waals surface area contributed by atoms with Crippen LogP contribution in [0.15, 0.2) is 11.7 Å². The molecule has 1 unspecified atom stereocenters. The summed E-state index contributed by atoms with van der Waals surface area (Å²) in [5.74, 6) is 2.38. The quantitative estimate of drug-likeness (QED) is 0.903. The van der Waals surface area contributed by atoms with Crippen molar-refractivity contribution in [2.24, 2.45) is 0 Å². The van der Waals surface area contributed by atoms with Crippen molar-refractivity contribution in [1.29, 1.82) is 0 Å². The van der Waals surface area contributed by atoms with E-state index in [1.54, 1.807) is 11.3 Å². The van der Waals surface area contributed by atoms with Crippen LogP contribution in [0.2, 0.25) is 5.02 Å². The number of nitrogens with one attached hydrogen (secondary N) is 1. The average molecular weight is 325 g/mol. The molecule has 0 aliphatic carbocycles. The second-order valence-corrected chi connectivity index (χ2v) is 6.27. The Morgan fingerprint density at radius 1 is 1.48 bits per heavy atom. The number of rotatable bonds is 3. The number of nitrogens with zero attached hydrogens (tertiary/aromatic N) is 4. The molecule has 0 aromatic carbocycles. The van der Waals surface area contributed by atoms with Crippen molar-refractivity contribution in [2.45, 2.75) is 18.8 Å². The zero-order valence-corrected chi connectivity index (χ0v) is 13.3. The highest BCUT2D eigenvalue weighted by Crippen LogP contribution is 2.35. The number of hydrogen-bond acceptors (Lipinski definition) is 7. The molecule has 1 saturated heterocycles. The van der Waals surface area contributed by atoms with Gasteiger partial charge in [0.25, 0.3) is 0 Å². The first-order chi connectivity index (χ1) is 10.2. The maximum absolute atomic E-state index is 6.23. The number of piperidine rings is 1. The molecule has 0 bridgehead atoms. The van der Waals surface area contributed by atoms with E-state index in [0.29, 0.717) is 16.8 Å². The summed E-state index contributed by atoms with van der Waals surface area (Å²) >= 11 is 7.93. The van der Waals surface area contributed by atoms with Crippen molar-refractivity contribution in [3.63, 3.8) is 0 Å². The Morgan fingerprint density at radius 2 is 2.33 bits per heavy atom. The largest absolute Gasteiger partial charge is 0.382 e. The lowest BCUT2D eigenvalue weighted by molar-refractivity contribution is 0.505. The predicted octanol–water partition coefficient (Wildman–Crippen LogP) is 2.59. The van der Waals surface area contributed by atoms with Gasteiger partial charge in [0.05, 0.1) is 5.01 Å². The Labute approximate surface area is 132 Å². The fraction of sp³-hybridized carbons (Fsp3) is 0.462. The van der Waals surface area contributed by atoms with Gasteiger partial charge in [0.1, 0.15) is 23.0 Å².